The molecular formula is C20H22ClN3O2. The van der Waals surface area contributed by atoms with Crippen molar-refractivity contribution in [1.82, 2.24) is 10.2 Å². The predicted molar refractivity (Wildman–Crippen MR) is 103 cm³/mol. The van der Waals surface area contributed by atoms with Crippen molar-refractivity contribution in [2.45, 2.75) is 12.8 Å². The Morgan fingerprint density at radius 1 is 1.08 bits per heavy atom. The van der Waals surface area contributed by atoms with Crippen LogP contribution in [0, 0.1) is 0 Å². The molecule has 2 aromatic rings. The Balaban J connectivity index is 1.70. The predicted octanol–water partition coefficient (Wildman–Crippen LogP) is 2.93. The number of amides is 2. The van der Waals surface area contributed by atoms with E-state index in [1.54, 1.807) is 30.3 Å². The maximum atomic E-state index is 12.4. The molecule has 1 heterocycles. The summed E-state index contributed by atoms with van der Waals surface area (Å²) in [6, 6.07) is 12.4. The largest absolute Gasteiger partial charge is 0.366 e. The number of rotatable bonds is 6. The first kappa shape index (κ1) is 18.4. The summed E-state index contributed by atoms with van der Waals surface area (Å²) in [5.74, 6) is -0.678. The molecule has 1 fully saturated rings. The summed E-state index contributed by atoms with van der Waals surface area (Å²) in [5, 5.41) is 3.28. The Morgan fingerprint density at radius 3 is 2.54 bits per heavy atom. The van der Waals surface area contributed by atoms with Gasteiger partial charge in [0.1, 0.15) is 0 Å². The van der Waals surface area contributed by atoms with E-state index in [1.165, 1.54) is 12.8 Å². The SMILES string of the molecule is NC(=O)c1cc(-c2cccc(C(=O)NCCN3CCCC3)c2)ccc1Cl. The maximum Gasteiger partial charge on any atom is 0.251 e. The summed E-state index contributed by atoms with van der Waals surface area (Å²) in [7, 11) is 0. The fraction of sp³-hybridized carbons (Fsp3) is 0.300. The van der Waals surface area contributed by atoms with Gasteiger partial charge in [0.2, 0.25) is 5.91 Å². The standard InChI is InChI=1S/C20H22ClN3O2/c21-18-7-6-15(13-17(18)19(22)25)14-4-3-5-16(12-14)20(26)23-8-11-24-9-1-2-10-24/h3-7,12-13H,1-2,8-11H2,(H2,22,25)(H,23,26). The lowest BCUT2D eigenvalue weighted by molar-refractivity contribution is 0.0948. The highest BCUT2D eigenvalue weighted by Crippen LogP contribution is 2.25. The number of nitrogens with zero attached hydrogens (tertiary/aromatic N) is 1. The van der Waals surface area contributed by atoms with Gasteiger partial charge in [0, 0.05) is 18.7 Å². The molecule has 0 unspecified atom stereocenters. The molecule has 26 heavy (non-hydrogen) atoms. The van der Waals surface area contributed by atoms with Gasteiger partial charge in [-0.05, 0) is 61.3 Å². The highest BCUT2D eigenvalue weighted by Gasteiger charge is 2.13. The van der Waals surface area contributed by atoms with Crippen LogP contribution in [0.4, 0.5) is 0 Å². The molecule has 1 saturated heterocycles. The third kappa shape index (κ3) is 4.42. The Morgan fingerprint density at radius 2 is 1.81 bits per heavy atom. The van der Waals surface area contributed by atoms with E-state index in [1.807, 2.05) is 12.1 Å². The molecule has 0 atom stereocenters. The molecule has 2 amide bonds. The topological polar surface area (TPSA) is 75.4 Å². The normalized spacial score (nSPS) is 14.3. The first-order chi connectivity index (χ1) is 12.5. The lowest BCUT2D eigenvalue weighted by atomic mass is 10.0. The number of carbonyl (C=O) groups is 2. The minimum Gasteiger partial charge on any atom is -0.366 e. The van der Waals surface area contributed by atoms with Crippen LogP contribution in [0.1, 0.15) is 33.6 Å². The van der Waals surface area contributed by atoms with Crippen molar-refractivity contribution in [3.63, 3.8) is 0 Å². The van der Waals surface area contributed by atoms with Crippen LogP contribution in [0.2, 0.25) is 5.02 Å². The van der Waals surface area contributed by atoms with Gasteiger partial charge in [0.25, 0.3) is 5.91 Å². The molecule has 0 radical (unpaired) electrons. The average Bonchev–Trinajstić information content (AvgIpc) is 3.15. The number of likely N-dealkylation sites (tertiary alicyclic amines) is 1. The van der Waals surface area contributed by atoms with Crippen molar-refractivity contribution in [3.8, 4) is 11.1 Å². The maximum absolute atomic E-state index is 12.4. The molecule has 3 N–H and O–H groups in total. The lowest BCUT2D eigenvalue weighted by Gasteiger charge is -2.15. The first-order valence-corrected chi connectivity index (χ1v) is 9.13. The number of nitrogens with one attached hydrogen (secondary N) is 1. The number of hydrogen-bond donors (Lipinski definition) is 2. The van der Waals surface area contributed by atoms with Crippen molar-refractivity contribution in [2.75, 3.05) is 26.2 Å². The molecule has 6 heteroatoms. The Kier molecular flexibility index (Phi) is 5.91. The zero-order valence-corrected chi connectivity index (χ0v) is 15.3. The van der Waals surface area contributed by atoms with Crippen LogP contribution in [0.3, 0.4) is 0 Å². The highest BCUT2D eigenvalue weighted by molar-refractivity contribution is 6.33. The van der Waals surface area contributed by atoms with Crippen molar-refractivity contribution >= 4 is 23.4 Å². The van der Waals surface area contributed by atoms with Crippen LogP contribution in [0.5, 0.6) is 0 Å². The minimum atomic E-state index is -0.576. The molecule has 0 bridgehead atoms. The first-order valence-electron chi connectivity index (χ1n) is 8.75. The van der Waals surface area contributed by atoms with E-state index in [9.17, 15) is 9.59 Å². The third-order valence-electron chi connectivity index (χ3n) is 4.60. The summed E-state index contributed by atoms with van der Waals surface area (Å²) < 4.78 is 0. The van der Waals surface area contributed by atoms with Crippen LogP contribution < -0.4 is 11.1 Å². The van der Waals surface area contributed by atoms with Gasteiger partial charge in [-0.25, -0.2) is 0 Å². The van der Waals surface area contributed by atoms with E-state index in [0.717, 1.165) is 30.8 Å². The second-order valence-electron chi connectivity index (χ2n) is 6.44. The third-order valence-corrected chi connectivity index (χ3v) is 4.93. The van der Waals surface area contributed by atoms with Crippen molar-refractivity contribution in [2.24, 2.45) is 5.73 Å². The molecule has 0 aromatic heterocycles. The summed E-state index contributed by atoms with van der Waals surface area (Å²) in [6.45, 7) is 3.74. The van der Waals surface area contributed by atoms with Gasteiger partial charge in [-0.15, -0.1) is 0 Å². The van der Waals surface area contributed by atoms with Crippen LogP contribution in [-0.4, -0.2) is 42.9 Å². The van der Waals surface area contributed by atoms with Crippen LogP contribution in [-0.2, 0) is 0 Å². The molecule has 0 saturated carbocycles. The lowest BCUT2D eigenvalue weighted by Crippen LogP contribution is -2.33. The zero-order chi connectivity index (χ0) is 18.5. The van der Waals surface area contributed by atoms with E-state index in [4.69, 9.17) is 17.3 Å². The molecule has 5 nitrogen and oxygen atoms in total. The molecule has 1 aliphatic heterocycles. The monoisotopic (exact) mass is 371 g/mol. The van der Waals surface area contributed by atoms with Gasteiger partial charge in [-0.2, -0.15) is 0 Å². The molecule has 2 aromatic carbocycles. The fourth-order valence-electron chi connectivity index (χ4n) is 3.17. The van der Waals surface area contributed by atoms with Gasteiger partial charge < -0.3 is 16.0 Å². The number of halogens is 1. The molecule has 0 spiro atoms. The van der Waals surface area contributed by atoms with E-state index in [2.05, 4.69) is 10.2 Å². The highest BCUT2D eigenvalue weighted by atomic mass is 35.5. The van der Waals surface area contributed by atoms with Gasteiger partial charge in [-0.3, -0.25) is 9.59 Å². The van der Waals surface area contributed by atoms with Crippen molar-refractivity contribution in [1.29, 1.82) is 0 Å². The number of benzene rings is 2. The molecule has 3 rings (SSSR count). The van der Waals surface area contributed by atoms with E-state index >= 15 is 0 Å². The Hall–Kier alpha value is -2.37. The Bertz CT molecular complexity index is 816. The van der Waals surface area contributed by atoms with Gasteiger partial charge in [0.05, 0.1) is 10.6 Å². The molecular weight excluding hydrogens is 350 g/mol. The Labute approximate surface area is 158 Å². The summed E-state index contributed by atoms with van der Waals surface area (Å²) in [5.41, 5.74) is 7.82. The van der Waals surface area contributed by atoms with Gasteiger partial charge in [0.15, 0.2) is 0 Å². The van der Waals surface area contributed by atoms with Gasteiger partial charge in [-0.1, -0.05) is 29.8 Å². The smallest absolute Gasteiger partial charge is 0.251 e. The zero-order valence-electron chi connectivity index (χ0n) is 14.5. The van der Waals surface area contributed by atoms with Gasteiger partial charge >= 0.3 is 0 Å². The quantitative estimate of drug-likeness (QED) is 0.819. The van der Waals surface area contributed by atoms with Crippen LogP contribution >= 0.6 is 11.6 Å². The summed E-state index contributed by atoms with van der Waals surface area (Å²) >= 11 is 6.00. The molecule has 136 valence electrons. The average molecular weight is 372 g/mol. The number of carbonyl (C=O) groups excluding carboxylic acids is 2. The van der Waals surface area contributed by atoms with Crippen molar-refractivity contribution < 1.29 is 9.59 Å². The second kappa shape index (κ2) is 8.34. The second-order valence-corrected chi connectivity index (χ2v) is 6.85. The van der Waals surface area contributed by atoms with E-state index in [-0.39, 0.29) is 11.5 Å². The fourth-order valence-corrected chi connectivity index (χ4v) is 3.38. The molecule has 0 aliphatic carbocycles. The van der Waals surface area contributed by atoms with Crippen LogP contribution in [0.15, 0.2) is 42.5 Å². The number of primary amides is 1. The van der Waals surface area contributed by atoms with Crippen LogP contribution in [0.25, 0.3) is 11.1 Å². The minimum absolute atomic E-state index is 0.102. The van der Waals surface area contributed by atoms with E-state index in [0.29, 0.717) is 17.1 Å². The number of nitrogens with two attached hydrogens (primary N) is 1. The summed E-state index contributed by atoms with van der Waals surface area (Å²) in [4.78, 5) is 26.2. The molecule has 1 aliphatic rings. The number of hydrogen-bond acceptors (Lipinski definition) is 3. The van der Waals surface area contributed by atoms with E-state index < -0.39 is 5.91 Å². The van der Waals surface area contributed by atoms with Crippen molar-refractivity contribution in [3.05, 3.63) is 58.6 Å². The summed E-state index contributed by atoms with van der Waals surface area (Å²) in [6.07, 6.45) is 2.48.